The van der Waals surface area contributed by atoms with E-state index >= 15 is 0 Å². The number of carbonyl (C=O) groups excluding carboxylic acids is 1. The van der Waals surface area contributed by atoms with Crippen molar-refractivity contribution >= 4 is 5.91 Å². The normalized spacial score (nSPS) is 29.6. The standard InChI is InChI=1S/C15H29N3O/c1-3-9-18-10-5-13(6-11-18)17-14(19)15(4-2)7-8-16-12-15/h13,16H,3-12H2,1-2H3,(H,17,19). The Kier molecular flexibility index (Phi) is 5.22. The van der Waals surface area contributed by atoms with Crippen molar-refractivity contribution in [2.45, 2.75) is 52.0 Å². The molecule has 2 N–H and O–H groups in total. The number of nitrogens with one attached hydrogen (secondary N) is 2. The minimum absolute atomic E-state index is 0.138. The lowest BCUT2D eigenvalue weighted by atomic mass is 9.83. The molecule has 110 valence electrons. The van der Waals surface area contributed by atoms with Crippen LogP contribution < -0.4 is 10.6 Å². The molecule has 0 radical (unpaired) electrons. The Morgan fingerprint density at radius 3 is 2.63 bits per heavy atom. The number of carbonyl (C=O) groups is 1. The summed E-state index contributed by atoms with van der Waals surface area (Å²) in [6, 6.07) is 0.393. The van der Waals surface area contributed by atoms with Gasteiger partial charge < -0.3 is 15.5 Å². The molecule has 1 amide bonds. The van der Waals surface area contributed by atoms with Gasteiger partial charge in [0.15, 0.2) is 0 Å². The number of amides is 1. The van der Waals surface area contributed by atoms with Crippen molar-refractivity contribution in [3.05, 3.63) is 0 Å². The molecule has 2 aliphatic rings. The van der Waals surface area contributed by atoms with Gasteiger partial charge in [0.1, 0.15) is 0 Å². The summed E-state index contributed by atoms with van der Waals surface area (Å²) >= 11 is 0. The maximum absolute atomic E-state index is 12.5. The molecule has 0 aromatic heterocycles. The number of hydrogen-bond acceptors (Lipinski definition) is 3. The zero-order valence-electron chi connectivity index (χ0n) is 12.5. The van der Waals surface area contributed by atoms with Crippen LogP contribution in [0, 0.1) is 5.41 Å². The highest BCUT2D eigenvalue weighted by Gasteiger charge is 2.40. The fraction of sp³-hybridized carbons (Fsp3) is 0.933. The molecule has 2 saturated heterocycles. The number of hydrogen-bond donors (Lipinski definition) is 2. The lowest BCUT2D eigenvalue weighted by Crippen LogP contribution is -2.50. The highest BCUT2D eigenvalue weighted by molar-refractivity contribution is 5.83. The van der Waals surface area contributed by atoms with Crippen LogP contribution in [0.5, 0.6) is 0 Å². The van der Waals surface area contributed by atoms with E-state index in [2.05, 4.69) is 29.4 Å². The molecule has 4 nitrogen and oxygen atoms in total. The average Bonchev–Trinajstić information content (AvgIpc) is 2.91. The first-order valence-corrected chi connectivity index (χ1v) is 7.94. The minimum Gasteiger partial charge on any atom is -0.353 e. The summed E-state index contributed by atoms with van der Waals surface area (Å²) in [4.78, 5) is 15.0. The second-order valence-corrected chi connectivity index (χ2v) is 6.15. The molecule has 1 unspecified atom stereocenters. The van der Waals surface area contributed by atoms with Crippen LogP contribution in [0.4, 0.5) is 0 Å². The molecule has 0 aromatic carbocycles. The Labute approximate surface area is 117 Å². The van der Waals surface area contributed by atoms with Crippen LogP contribution >= 0.6 is 0 Å². The highest BCUT2D eigenvalue weighted by atomic mass is 16.2. The van der Waals surface area contributed by atoms with E-state index in [1.807, 2.05) is 0 Å². The van der Waals surface area contributed by atoms with E-state index in [1.165, 1.54) is 13.0 Å². The van der Waals surface area contributed by atoms with E-state index in [9.17, 15) is 4.79 Å². The largest absolute Gasteiger partial charge is 0.353 e. The van der Waals surface area contributed by atoms with Gasteiger partial charge in [0.05, 0.1) is 5.41 Å². The predicted molar refractivity (Wildman–Crippen MR) is 78.1 cm³/mol. The second kappa shape index (κ2) is 6.71. The molecule has 1 atom stereocenters. The summed E-state index contributed by atoms with van der Waals surface area (Å²) in [7, 11) is 0. The lowest BCUT2D eigenvalue weighted by Gasteiger charge is -2.34. The Bertz CT molecular complexity index is 292. The fourth-order valence-corrected chi connectivity index (χ4v) is 3.36. The van der Waals surface area contributed by atoms with Crippen LogP contribution in [0.3, 0.4) is 0 Å². The maximum atomic E-state index is 12.5. The van der Waals surface area contributed by atoms with E-state index in [-0.39, 0.29) is 11.3 Å². The second-order valence-electron chi connectivity index (χ2n) is 6.15. The molecule has 2 rings (SSSR count). The summed E-state index contributed by atoms with van der Waals surface area (Å²) < 4.78 is 0. The van der Waals surface area contributed by atoms with Gasteiger partial charge in [-0.3, -0.25) is 4.79 Å². The Morgan fingerprint density at radius 2 is 2.11 bits per heavy atom. The molecular weight excluding hydrogens is 238 g/mol. The van der Waals surface area contributed by atoms with Crippen LogP contribution in [-0.4, -0.2) is 49.6 Å². The van der Waals surface area contributed by atoms with Crippen molar-refractivity contribution in [2.24, 2.45) is 5.41 Å². The van der Waals surface area contributed by atoms with Crippen molar-refractivity contribution in [1.29, 1.82) is 0 Å². The monoisotopic (exact) mass is 267 g/mol. The van der Waals surface area contributed by atoms with Gasteiger partial charge in [-0.05, 0) is 45.2 Å². The van der Waals surface area contributed by atoms with Gasteiger partial charge in [-0.2, -0.15) is 0 Å². The van der Waals surface area contributed by atoms with Gasteiger partial charge in [0, 0.05) is 25.7 Å². The SMILES string of the molecule is CCCN1CCC(NC(=O)C2(CC)CCNC2)CC1. The fourth-order valence-electron chi connectivity index (χ4n) is 3.36. The molecule has 4 heteroatoms. The Balaban J connectivity index is 1.80. The van der Waals surface area contributed by atoms with Gasteiger partial charge in [0.2, 0.25) is 5.91 Å². The molecular formula is C15H29N3O. The molecule has 0 aromatic rings. The van der Waals surface area contributed by atoms with Crippen molar-refractivity contribution in [2.75, 3.05) is 32.7 Å². The van der Waals surface area contributed by atoms with E-state index in [4.69, 9.17) is 0 Å². The minimum atomic E-state index is -0.138. The third-order valence-electron chi connectivity index (χ3n) is 4.86. The summed E-state index contributed by atoms with van der Waals surface area (Å²) in [6.45, 7) is 9.67. The first-order chi connectivity index (χ1) is 9.20. The van der Waals surface area contributed by atoms with Crippen LogP contribution in [-0.2, 0) is 4.79 Å². The summed E-state index contributed by atoms with van der Waals surface area (Å²) in [6.07, 6.45) is 5.38. The molecule has 2 aliphatic heterocycles. The number of piperidine rings is 1. The van der Waals surface area contributed by atoms with Crippen LogP contribution in [0.1, 0.15) is 46.0 Å². The zero-order chi connectivity index (χ0) is 13.7. The maximum Gasteiger partial charge on any atom is 0.227 e. The van der Waals surface area contributed by atoms with Gasteiger partial charge in [-0.15, -0.1) is 0 Å². The first-order valence-electron chi connectivity index (χ1n) is 7.94. The predicted octanol–water partition coefficient (Wildman–Crippen LogP) is 1.37. The van der Waals surface area contributed by atoms with Crippen LogP contribution in [0.25, 0.3) is 0 Å². The van der Waals surface area contributed by atoms with Crippen LogP contribution in [0.15, 0.2) is 0 Å². The number of rotatable bonds is 5. The quantitative estimate of drug-likeness (QED) is 0.791. The summed E-state index contributed by atoms with van der Waals surface area (Å²) in [5.74, 6) is 0.286. The number of nitrogens with zero attached hydrogens (tertiary/aromatic N) is 1. The smallest absolute Gasteiger partial charge is 0.227 e. The van der Waals surface area contributed by atoms with E-state index in [0.29, 0.717) is 6.04 Å². The summed E-state index contributed by atoms with van der Waals surface area (Å²) in [5, 5.41) is 6.65. The van der Waals surface area contributed by atoms with Crippen LogP contribution in [0.2, 0.25) is 0 Å². The van der Waals surface area contributed by atoms with Gasteiger partial charge in [0.25, 0.3) is 0 Å². The lowest BCUT2D eigenvalue weighted by molar-refractivity contribution is -0.131. The van der Waals surface area contributed by atoms with Gasteiger partial charge >= 0.3 is 0 Å². The molecule has 19 heavy (non-hydrogen) atoms. The third kappa shape index (κ3) is 3.48. The number of likely N-dealkylation sites (tertiary alicyclic amines) is 1. The molecule has 0 aliphatic carbocycles. The Hall–Kier alpha value is -0.610. The molecule has 0 spiro atoms. The topological polar surface area (TPSA) is 44.4 Å². The van der Waals surface area contributed by atoms with E-state index in [0.717, 1.165) is 51.9 Å². The van der Waals surface area contributed by atoms with E-state index in [1.54, 1.807) is 0 Å². The molecule has 2 fully saturated rings. The van der Waals surface area contributed by atoms with Crippen molar-refractivity contribution in [3.63, 3.8) is 0 Å². The molecule has 2 heterocycles. The van der Waals surface area contributed by atoms with Crippen molar-refractivity contribution in [3.8, 4) is 0 Å². The first kappa shape index (κ1) is 14.8. The van der Waals surface area contributed by atoms with Gasteiger partial charge in [-0.1, -0.05) is 13.8 Å². The average molecular weight is 267 g/mol. The zero-order valence-corrected chi connectivity index (χ0v) is 12.5. The molecule has 0 bridgehead atoms. The van der Waals surface area contributed by atoms with Crippen molar-refractivity contribution in [1.82, 2.24) is 15.5 Å². The highest BCUT2D eigenvalue weighted by Crippen LogP contribution is 2.30. The van der Waals surface area contributed by atoms with Gasteiger partial charge in [-0.25, -0.2) is 0 Å². The summed E-state index contributed by atoms with van der Waals surface area (Å²) in [5.41, 5.74) is -0.138. The Morgan fingerprint density at radius 1 is 1.37 bits per heavy atom. The molecule has 0 saturated carbocycles. The van der Waals surface area contributed by atoms with Crippen molar-refractivity contribution < 1.29 is 4.79 Å². The van der Waals surface area contributed by atoms with E-state index < -0.39 is 0 Å². The third-order valence-corrected chi connectivity index (χ3v) is 4.86.